The molecule has 0 bridgehead atoms. The first-order chi connectivity index (χ1) is 15.3. The summed E-state index contributed by atoms with van der Waals surface area (Å²) in [7, 11) is -2.37. The van der Waals surface area contributed by atoms with Gasteiger partial charge in [-0.1, -0.05) is 32.4 Å². The van der Waals surface area contributed by atoms with Crippen molar-refractivity contribution >= 4 is 23.6 Å². The summed E-state index contributed by atoms with van der Waals surface area (Å²) in [6, 6.07) is 0. The maximum Gasteiger partial charge on any atom is 0.204 e. The lowest BCUT2D eigenvalue weighted by Crippen LogP contribution is -2.56. The predicted molar refractivity (Wildman–Crippen MR) is 141 cm³/mol. The Labute approximate surface area is 206 Å². The Kier molecular flexibility index (Phi) is 7.06. The number of rotatable bonds is 6. The molecule has 0 saturated heterocycles. The molecule has 4 rings (SSSR count). The number of allylic oxidation sites excluding steroid dienone is 2. The molecule has 3 saturated carbocycles. The number of carbonyl (C=O) groups excluding carboxylic acids is 1. The zero-order chi connectivity index (χ0) is 24.2. The molecule has 33 heavy (non-hydrogen) atoms. The first-order valence-corrected chi connectivity index (χ1v) is 19.4. The average Bonchev–Trinajstić information content (AvgIpc) is 3.07. The molecule has 0 aromatic rings. The van der Waals surface area contributed by atoms with Gasteiger partial charge >= 0.3 is 0 Å². The Morgan fingerprint density at radius 3 is 2.42 bits per heavy atom. The van der Waals surface area contributed by atoms with Crippen molar-refractivity contribution in [3.63, 3.8) is 0 Å². The fraction of sp³-hybridized carbons (Fsp3) is 0.893. The van der Waals surface area contributed by atoms with Crippen LogP contribution in [0.2, 0.25) is 32.7 Å². The minimum atomic E-state index is -1.64. The molecule has 4 aliphatic rings. The van der Waals surface area contributed by atoms with Gasteiger partial charge in [-0.2, -0.15) is 0 Å². The fourth-order valence-electron chi connectivity index (χ4n) is 8.24. The maximum atomic E-state index is 12.9. The second-order valence-electron chi connectivity index (χ2n) is 14.1. The van der Waals surface area contributed by atoms with Gasteiger partial charge in [0, 0.05) is 17.4 Å². The molecular weight excluding hydrogens is 440 g/mol. The van der Waals surface area contributed by atoms with E-state index in [-0.39, 0.29) is 10.8 Å². The fourth-order valence-corrected chi connectivity index (χ4v) is 10.0. The Bertz CT molecular complexity index is 764. The SMILES string of the molecule is C[Si](C)OC[C@]12CC[C@H]3[C@@H](CC=C4CC(C(C)(C)C)CC[C@@]43C=O)[C@@H]1CC[C@@H]2O[Si](C)(C)C. The number of hydrogen-bond acceptors (Lipinski definition) is 3. The van der Waals surface area contributed by atoms with Gasteiger partial charge in [0.05, 0.1) is 6.10 Å². The van der Waals surface area contributed by atoms with Gasteiger partial charge < -0.3 is 13.6 Å². The Morgan fingerprint density at radius 2 is 1.82 bits per heavy atom. The van der Waals surface area contributed by atoms with E-state index in [4.69, 9.17) is 8.85 Å². The van der Waals surface area contributed by atoms with Crippen molar-refractivity contribution < 1.29 is 13.6 Å². The average molecular weight is 490 g/mol. The van der Waals surface area contributed by atoms with Crippen LogP contribution < -0.4 is 0 Å². The normalized spacial score (nSPS) is 41.2. The molecule has 1 radical (unpaired) electrons. The summed E-state index contributed by atoms with van der Waals surface area (Å²) in [4.78, 5) is 12.9. The summed E-state index contributed by atoms with van der Waals surface area (Å²) < 4.78 is 13.4. The number of fused-ring (bicyclic) bond motifs is 5. The Morgan fingerprint density at radius 1 is 1.09 bits per heavy atom. The van der Waals surface area contributed by atoms with E-state index >= 15 is 0 Å². The monoisotopic (exact) mass is 489 g/mol. The third kappa shape index (κ3) is 4.65. The number of hydrogen-bond donors (Lipinski definition) is 0. The van der Waals surface area contributed by atoms with Crippen molar-refractivity contribution in [3.05, 3.63) is 11.6 Å². The van der Waals surface area contributed by atoms with Crippen LogP contribution in [0.3, 0.4) is 0 Å². The van der Waals surface area contributed by atoms with Crippen molar-refractivity contribution in [2.24, 2.45) is 39.9 Å². The topological polar surface area (TPSA) is 35.5 Å². The van der Waals surface area contributed by atoms with Crippen molar-refractivity contribution in [3.8, 4) is 0 Å². The van der Waals surface area contributed by atoms with Crippen LogP contribution in [0.1, 0.15) is 72.1 Å². The largest absolute Gasteiger partial charge is 0.417 e. The summed E-state index contributed by atoms with van der Waals surface area (Å²) >= 11 is 0. The van der Waals surface area contributed by atoms with Gasteiger partial charge in [-0.15, -0.1) is 0 Å². The smallest absolute Gasteiger partial charge is 0.204 e. The van der Waals surface area contributed by atoms with Crippen LogP contribution >= 0.6 is 0 Å². The lowest BCUT2D eigenvalue weighted by atomic mass is 9.46. The summed E-state index contributed by atoms with van der Waals surface area (Å²) in [6.45, 7) is 19.5. The molecule has 1 unspecified atom stereocenters. The molecule has 0 heterocycles. The summed E-state index contributed by atoms with van der Waals surface area (Å²) in [5, 5.41) is 0. The summed E-state index contributed by atoms with van der Waals surface area (Å²) in [5.74, 6) is 2.46. The van der Waals surface area contributed by atoms with Crippen molar-refractivity contribution in [1.82, 2.24) is 0 Å². The molecule has 0 amide bonds. The van der Waals surface area contributed by atoms with Gasteiger partial charge in [0.15, 0.2) is 8.32 Å². The van der Waals surface area contributed by atoms with E-state index in [9.17, 15) is 4.79 Å². The maximum absolute atomic E-state index is 12.9. The summed E-state index contributed by atoms with van der Waals surface area (Å²) in [5.41, 5.74) is 1.77. The molecule has 187 valence electrons. The first kappa shape index (κ1) is 25.8. The zero-order valence-electron chi connectivity index (χ0n) is 22.6. The highest BCUT2D eigenvalue weighted by atomic mass is 28.4. The van der Waals surface area contributed by atoms with Gasteiger partial charge in [-0.05, 0) is 113 Å². The molecular formula is C28H49O3Si2. The third-order valence-electron chi connectivity index (χ3n) is 9.90. The van der Waals surface area contributed by atoms with Crippen molar-refractivity contribution in [1.29, 1.82) is 0 Å². The van der Waals surface area contributed by atoms with Crippen molar-refractivity contribution in [2.45, 2.75) is 111 Å². The van der Waals surface area contributed by atoms with E-state index in [1.54, 1.807) is 0 Å². The first-order valence-electron chi connectivity index (χ1n) is 13.6. The van der Waals surface area contributed by atoms with Gasteiger partial charge in [-0.3, -0.25) is 0 Å². The van der Waals surface area contributed by atoms with E-state index in [0.717, 1.165) is 25.9 Å². The lowest BCUT2D eigenvalue weighted by Gasteiger charge is -2.58. The number of aldehydes is 1. The molecule has 0 aromatic carbocycles. The molecule has 3 fully saturated rings. The van der Waals surface area contributed by atoms with Crippen LogP contribution in [-0.2, 0) is 13.6 Å². The van der Waals surface area contributed by atoms with E-state index in [2.05, 4.69) is 59.6 Å². The highest BCUT2D eigenvalue weighted by Crippen LogP contribution is 2.66. The quantitative estimate of drug-likeness (QED) is 0.224. The van der Waals surface area contributed by atoms with E-state index < -0.39 is 17.4 Å². The molecule has 0 N–H and O–H groups in total. The van der Waals surface area contributed by atoms with Crippen LogP contribution in [0.5, 0.6) is 0 Å². The van der Waals surface area contributed by atoms with Crippen molar-refractivity contribution in [2.75, 3.05) is 6.61 Å². The molecule has 3 nitrogen and oxygen atoms in total. The van der Waals surface area contributed by atoms with E-state index in [1.165, 1.54) is 44.0 Å². The van der Waals surface area contributed by atoms with Gasteiger partial charge in [0.25, 0.3) is 0 Å². The van der Waals surface area contributed by atoms with Crippen LogP contribution in [0.15, 0.2) is 11.6 Å². The highest BCUT2D eigenvalue weighted by Gasteiger charge is 2.62. The standard InChI is InChI=1S/C28H49O3Si2/c1-26(2,3)20-13-15-27(18-29)21(17-20)9-10-22-23-11-12-25(31-33(6,7)8)28(23,16-14-24(22)27)19-30-32(4)5/h9,18,20,22-25H,10-17,19H2,1-8H3/t20?,22-,23-,24-,25-,27+,28+/m0/s1. The zero-order valence-corrected chi connectivity index (χ0v) is 24.6. The minimum Gasteiger partial charge on any atom is -0.417 e. The molecule has 7 atom stereocenters. The van der Waals surface area contributed by atoms with Crippen LogP contribution in [-0.4, -0.2) is 36.4 Å². The highest BCUT2D eigenvalue weighted by molar-refractivity contribution is 6.69. The molecule has 5 heteroatoms. The second kappa shape index (κ2) is 9.01. The Balaban J connectivity index is 1.65. The summed E-state index contributed by atoms with van der Waals surface area (Å²) in [6.07, 6.45) is 13.6. The lowest BCUT2D eigenvalue weighted by molar-refractivity contribution is -0.131. The predicted octanol–water partition coefficient (Wildman–Crippen LogP) is 7.26. The van der Waals surface area contributed by atoms with E-state index in [1.807, 2.05) is 0 Å². The van der Waals surface area contributed by atoms with E-state index in [0.29, 0.717) is 35.2 Å². The second-order valence-corrected chi connectivity index (χ2v) is 20.6. The van der Waals surface area contributed by atoms with Crippen LogP contribution in [0.4, 0.5) is 0 Å². The Hall–Kier alpha value is -0.236. The molecule has 0 aliphatic heterocycles. The van der Waals surface area contributed by atoms with Crippen LogP contribution in [0.25, 0.3) is 0 Å². The molecule has 4 aliphatic carbocycles. The molecule has 0 aromatic heterocycles. The number of carbonyl (C=O) groups is 1. The van der Waals surface area contributed by atoms with Crippen LogP contribution in [0, 0.1) is 39.9 Å². The van der Waals surface area contributed by atoms with Gasteiger partial charge in [0.1, 0.15) is 6.29 Å². The third-order valence-corrected chi connectivity index (χ3v) is 11.6. The minimum absolute atomic E-state index is 0.154. The molecule has 0 spiro atoms. The van der Waals surface area contributed by atoms with Gasteiger partial charge in [0.2, 0.25) is 9.04 Å². The van der Waals surface area contributed by atoms with Gasteiger partial charge in [-0.25, -0.2) is 0 Å².